The summed E-state index contributed by atoms with van der Waals surface area (Å²) in [6.07, 6.45) is 0. The highest BCUT2D eigenvalue weighted by molar-refractivity contribution is 9.10. The molecular formula is C17H15BrN2O. The van der Waals surface area contributed by atoms with Crippen LogP contribution in [0.1, 0.15) is 21.6 Å². The van der Waals surface area contributed by atoms with Crippen molar-refractivity contribution in [3.63, 3.8) is 0 Å². The van der Waals surface area contributed by atoms with E-state index in [0.29, 0.717) is 5.69 Å². The van der Waals surface area contributed by atoms with Gasteiger partial charge in [-0.05, 0) is 55.3 Å². The zero-order valence-electron chi connectivity index (χ0n) is 11.8. The molecule has 0 aliphatic carbocycles. The first kappa shape index (κ1) is 13.9. The second kappa shape index (κ2) is 5.37. The summed E-state index contributed by atoms with van der Waals surface area (Å²) in [5, 5.41) is 3.95. The number of amides is 1. The molecule has 3 nitrogen and oxygen atoms in total. The van der Waals surface area contributed by atoms with Crippen LogP contribution < -0.4 is 5.32 Å². The highest BCUT2D eigenvalue weighted by atomic mass is 79.9. The van der Waals surface area contributed by atoms with Gasteiger partial charge in [0.05, 0.1) is 0 Å². The van der Waals surface area contributed by atoms with Gasteiger partial charge in [-0.3, -0.25) is 4.79 Å². The molecule has 0 radical (unpaired) electrons. The lowest BCUT2D eigenvalue weighted by atomic mass is 10.2. The van der Waals surface area contributed by atoms with E-state index in [0.717, 1.165) is 26.6 Å². The molecule has 1 amide bonds. The number of rotatable bonds is 2. The van der Waals surface area contributed by atoms with Crippen molar-refractivity contribution in [2.45, 2.75) is 13.8 Å². The Labute approximate surface area is 131 Å². The summed E-state index contributed by atoms with van der Waals surface area (Å²) >= 11 is 3.45. The molecule has 2 aromatic carbocycles. The van der Waals surface area contributed by atoms with Crippen molar-refractivity contribution >= 4 is 38.4 Å². The number of nitrogens with one attached hydrogen (secondary N) is 2. The maximum Gasteiger partial charge on any atom is 0.272 e. The van der Waals surface area contributed by atoms with Crippen LogP contribution in [0.2, 0.25) is 0 Å². The van der Waals surface area contributed by atoms with Gasteiger partial charge in [-0.25, -0.2) is 0 Å². The van der Waals surface area contributed by atoms with Crippen LogP contribution in [0.15, 0.2) is 46.9 Å². The number of H-pyrrole nitrogens is 1. The topological polar surface area (TPSA) is 44.9 Å². The molecule has 1 aromatic heterocycles. The van der Waals surface area contributed by atoms with Crippen molar-refractivity contribution in [2.24, 2.45) is 0 Å². The number of carbonyl (C=O) groups is 1. The van der Waals surface area contributed by atoms with Crippen LogP contribution in [0.3, 0.4) is 0 Å². The van der Waals surface area contributed by atoms with Crippen LogP contribution >= 0.6 is 15.9 Å². The van der Waals surface area contributed by atoms with Gasteiger partial charge in [-0.15, -0.1) is 0 Å². The number of aryl methyl sites for hydroxylation is 2. The SMILES string of the molecule is Cc1ccc2cc(C(=O)Nc3ccc(Br)c(C)c3)[nH]c2c1. The van der Waals surface area contributed by atoms with E-state index >= 15 is 0 Å². The van der Waals surface area contributed by atoms with Gasteiger partial charge in [-0.2, -0.15) is 0 Å². The standard InChI is InChI=1S/C17H15BrN2O/c1-10-3-4-12-9-16(20-15(12)7-10)17(21)19-13-5-6-14(18)11(2)8-13/h3-9,20H,1-2H3,(H,19,21). The molecule has 0 saturated heterocycles. The number of aromatic amines is 1. The van der Waals surface area contributed by atoms with Crippen molar-refractivity contribution in [2.75, 3.05) is 5.32 Å². The second-order valence-corrected chi connectivity index (χ2v) is 6.05. The van der Waals surface area contributed by atoms with E-state index in [-0.39, 0.29) is 5.91 Å². The average Bonchev–Trinajstić information content (AvgIpc) is 2.86. The van der Waals surface area contributed by atoms with Gasteiger partial charge < -0.3 is 10.3 Å². The van der Waals surface area contributed by atoms with Crippen LogP contribution in [0.4, 0.5) is 5.69 Å². The molecule has 0 atom stereocenters. The molecule has 21 heavy (non-hydrogen) atoms. The van der Waals surface area contributed by atoms with E-state index in [1.807, 2.05) is 56.3 Å². The van der Waals surface area contributed by atoms with Crippen molar-refractivity contribution in [1.29, 1.82) is 0 Å². The molecule has 0 bridgehead atoms. The van der Waals surface area contributed by atoms with Crippen LogP contribution in [-0.2, 0) is 0 Å². The summed E-state index contributed by atoms with van der Waals surface area (Å²) in [4.78, 5) is 15.5. The van der Waals surface area contributed by atoms with Crippen molar-refractivity contribution in [1.82, 2.24) is 4.98 Å². The van der Waals surface area contributed by atoms with Crippen molar-refractivity contribution in [3.05, 3.63) is 63.8 Å². The summed E-state index contributed by atoms with van der Waals surface area (Å²) < 4.78 is 1.03. The highest BCUT2D eigenvalue weighted by Crippen LogP contribution is 2.21. The van der Waals surface area contributed by atoms with Crippen molar-refractivity contribution < 1.29 is 4.79 Å². The fourth-order valence-electron chi connectivity index (χ4n) is 2.28. The lowest BCUT2D eigenvalue weighted by Crippen LogP contribution is -2.12. The highest BCUT2D eigenvalue weighted by Gasteiger charge is 2.10. The minimum Gasteiger partial charge on any atom is -0.351 e. The van der Waals surface area contributed by atoms with Gasteiger partial charge >= 0.3 is 0 Å². The number of anilines is 1. The number of carbonyl (C=O) groups excluding carboxylic acids is 1. The molecule has 3 aromatic rings. The van der Waals surface area contributed by atoms with Gasteiger partial charge in [0.15, 0.2) is 0 Å². The first-order chi connectivity index (χ1) is 10.0. The number of aromatic nitrogens is 1. The molecule has 0 aliphatic heterocycles. The quantitative estimate of drug-likeness (QED) is 0.690. The summed E-state index contributed by atoms with van der Waals surface area (Å²) in [6.45, 7) is 4.02. The van der Waals surface area contributed by atoms with E-state index in [9.17, 15) is 4.79 Å². The Hall–Kier alpha value is -2.07. The minimum atomic E-state index is -0.134. The van der Waals surface area contributed by atoms with E-state index in [1.165, 1.54) is 5.56 Å². The summed E-state index contributed by atoms with van der Waals surface area (Å²) in [5.74, 6) is -0.134. The third kappa shape index (κ3) is 2.85. The second-order valence-electron chi connectivity index (χ2n) is 5.19. The Morgan fingerprint density at radius 3 is 2.67 bits per heavy atom. The molecule has 2 N–H and O–H groups in total. The van der Waals surface area contributed by atoms with Gasteiger partial charge in [-0.1, -0.05) is 28.1 Å². The predicted molar refractivity (Wildman–Crippen MR) is 89.9 cm³/mol. The Morgan fingerprint density at radius 1 is 1.10 bits per heavy atom. The van der Waals surface area contributed by atoms with Crippen molar-refractivity contribution in [3.8, 4) is 0 Å². The summed E-state index contributed by atoms with van der Waals surface area (Å²) in [7, 11) is 0. The van der Waals surface area contributed by atoms with Crippen LogP contribution in [0.25, 0.3) is 10.9 Å². The predicted octanol–water partition coefficient (Wildman–Crippen LogP) is 4.80. The zero-order valence-corrected chi connectivity index (χ0v) is 13.4. The normalized spacial score (nSPS) is 10.8. The van der Waals surface area contributed by atoms with Crippen LogP contribution in [0.5, 0.6) is 0 Å². The lowest BCUT2D eigenvalue weighted by molar-refractivity contribution is 0.102. The minimum absolute atomic E-state index is 0.134. The number of halogens is 1. The summed E-state index contributed by atoms with van der Waals surface area (Å²) in [5.41, 5.74) is 4.58. The Balaban J connectivity index is 1.87. The summed E-state index contributed by atoms with van der Waals surface area (Å²) in [6, 6.07) is 13.7. The van der Waals surface area contributed by atoms with Gasteiger partial charge in [0, 0.05) is 21.1 Å². The molecule has 3 rings (SSSR count). The van der Waals surface area contributed by atoms with Gasteiger partial charge in [0.2, 0.25) is 0 Å². The van der Waals surface area contributed by atoms with E-state index < -0.39 is 0 Å². The number of hydrogen-bond acceptors (Lipinski definition) is 1. The van der Waals surface area contributed by atoms with Gasteiger partial charge in [0.25, 0.3) is 5.91 Å². The largest absolute Gasteiger partial charge is 0.351 e. The van der Waals surface area contributed by atoms with Crippen LogP contribution in [-0.4, -0.2) is 10.9 Å². The molecule has 0 unspecified atom stereocenters. The third-order valence-electron chi connectivity index (χ3n) is 3.44. The molecule has 4 heteroatoms. The molecule has 0 saturated carbocycles. The fraction of sp³-hybridized carbons (Fsp3) is 0.118. The van der Waals surface area contributed by atoms with Gasteiger partial charge in [0.1, 0.15) is 5.69 Å². The third-order valence-corrected chi connectivity index (χ3v) is 4.33. The Morgan fingerprint density at radius 2 is 1.90 bits per heavy atom. The maximum absolute atomic E-state index is 12.3. The van der Waals surface area contributed by atoms with E-state index in [2.05, 4.69) is 26.2 Å². The molecule has 106 valence electrons. The maximum atomic E-state index is 12.3. The molecule has 0 aliphatic rings. The monoisotopic (exact) mass is 342 g/mol. The number of hydrogen-bond donors (Lipinski definition) is 2. The molecule has 1 heterocycles. The van der Waals surface area contributed by atoms with E-state index in [4.69, 9.17) is 0 Å². The molecule has 0 fully saturated rings. The smallest absolute Gasteiger partial charge is 0.272 e. The molecule has 0 spiro atoms. The van der Waals surface area contributed by atoms with Crippen LogP contribution in [0, 0.1) is 13.8 Å². The van der Waals surface area contributed by atoms with E-state index in [1.54, 1.807) is 0 Å². The Bertz CT molecular complexity index is 836. The lowest BCUT2D eigenvalue weighted by Gasteiger charge is -2.05. The first-order valence-corrected chi connectivity index (χ1v) is 7.49. The number of fused-ring (bicyclic) bond motifs is 1. The average molecular weight is 343 g/mol. The first-order valence-electron chi connectivity index (χ1n) is 6.70. The zero-order chi connectivity index (χ0) is 15.0. The molecular weight excluding hydrogens is 328 g/mol. The number of benzene rings is 2. The fourth-order valence-corrected chi connectivity index (χ4v) is 2.53. The Kier molecular flexibility index (Phi) is 3.55.